The average molecular weight is 335 g/mol. The van der Waals surface area contributed by atoms with Crippen molar-refractivity contribution < 1.29 is 0 Å². The van der Waals surface area contributed by atoms with Crippen LogP contribution in [0.5, 0.6) is 0 Å². The van der Waals surface area contributed by atoms with Gasteiger partial charge >= 0.3 is 0 Å². The van der Waals surface area contributed by atoms with Crippen molar-refractivity contribution >= 4 is 23.7 Å². The maximum Gasteiger partial charge on any atom is 0.123 e. The summed E-state index contributed by atoms with van der Waals surface area (Å²) in [5.74, 6) is 0.191. The Hall–Kier alpha value is -2.83. The zero-order chi connectivity index (χ0) is 17.1. The Balaban J connectivity index is 2.08. The summed E-state index contributed by atoms with van der Waals surface area (Å²) in [5.41, 5.74) is 8.85. The lowest BCUT2D eigenvalue weighted by Crippen LogP contribution is -2.29. The van der Waals surface area contributed by atoms with Gasteiger partial charge in [0.2, 0.25) is 0 Å². The van der Waals surface area contributed by atoms with E-state index < -0.39 is 0 Å². The lowest BCUT2D eigenvalue weighted by Gasteiger charge is -2.29. The minimum atomic E-state index is 0.191. The Morgan fingerprint density at radius 3 is 2.21 bits per heavy atom. The number of nitriles is 2. The molecule has 1 aliphatic rings. The largest absolute Gasteiger partial charge is 0.384 e. The highest BCUT2D eigenvalue weighted by molar-refractivity contribution is 7.71. The molecule has 2 aromatic rings. The summed E-state index contributed by atoms with van der Waals surface area (Å²) < 4.78 is 0.254. The van der Waals surface area contributed by atoms with Gasteiger partial charge in [0.15, 0.2) is 0 Å². The van der Waals surface area contributed by atoms with Crippen LogP contribution in [0.2, 0.25) is 0 Å². The van der Waals surface area contributed by atoms with Gasteiger partial charge in [-0.25, -0.2) is 0 Å². The van der Waals surface area contributed by atoms with Crippen LogP contribution in [0, 0.1) is 27.3 Å². The smallest absolute Gasteiger partial charge is 0.123 e. The van der Waals surface area contributed by atoms with E-state index in [1.165, 1.54) is 19.3 Å². The predicted molar refractivity (Wildman–Crippen MR) is 97.0 cm³/mol. The van der Waals surface area contributed by atoms with Crippen molar-refractivity contribution in [1.29, 1.82) is 10.5 Å². The number of hydrogen-bond donors (Lipinski definition) is 2. The van der Waals surface area contributed by atoms with Crippen LogP contribution in [0.1, 0.15) is 30.4 Å². The second kappa shape index (κ2) is 6.74. The molecule has 0 radical (unpaired) electrons. The van der Waals surface area contributed by atoms with Crippen molar-refractivity contribution in [2.45, 2.75) is 19.3 Å². The molecule has 6 heteroatoms. The third-order valence-electron chi connectivity index (χ3n) is 4.35. The van der Waals surface area contributed by atoms with Gasteiger partial charge in [0.25, 0.3) is 0 Å². The number of nitrogen functional groups attached to an aromatic ring is 1. The monoisotopic (exact) mass is 335 g/mol. The van der Waals surface area contributed by atoms with Gasteiger partial charge in [0.05, 0.1) is 5.56 Å². The molecule has 0 bridgehead atoms. The molecule has 3 N–H and O–H groups in total. The van der Waals surface area contributed by atoms with E-state index in [2.05, 4.69) is 22.0 Å². The van der Waals surface area contributed by atoms with Gasteiger partial charge in [0, 0.05) is 24.3 Å². The van der Waals surface area contributed by atoms with Crippen molar-refractivity contribution in [3.63, 3.8) is 0 Å². The second-order valence-corrected chi connectivity index (χ2v) is 6.22. The highest BCUT2D eigenvalue weighted by atomic mass is 32.1. The fourth-order valence-electron chi connectivity index (χ4n) is 3.12. The van der Waals surface area contributed by atoms with Crippen molar-refractivity contribution in [1.82, 2.24) is 4.98 Å². The number of nitrogens with zero attached hydrogens (tertiary/aromatic N) is 3. The Morgan fingerprint density at radius 2 is 1.62 bits per heavy atom. The van der Waals surface area contributed by atoms with Gasteiger partial charge in [-0.15, -0.1) is 0 Å². The number of H-pyrrole nitrogens is 1. The van der Waals surface area contributed by atoms with Crippen LogP contribution in [0.15, 0.2) is 24.3 Å². The Kier molecular flexibility index (Phi) is 4.50. The van der Waals surface area contributed by atoms with Gasteiger partial charge < -0.3 is 15.6 Å². The summed E-state index contributed by atoms with van der Waals surface area (Å²) in [6.45, 7) is 2.13. The maximum absolute atomic E-state index is 9.43. The number of nitrogens with one attached hydrogen (secondary N) is 1. The summed E-state index contributed by atoms with van der Waals surface area (Å²) >= 11 is 5.19. The molecule has 0 unspecified atom stereocenters. The average Bonchev–Trinajstić information content (AvgIpc) is 2.62. The number of piperidine rings is 1. The molecule has 3 rings (SSSR count). The van der Waals surface area contributed by atoms with Gasteiger partial charge in [-0.2, -0.15) is 10.5 Å². The van der Waals surface area contributed by atoms with Gasteiger partial charge in [-0.1, -0.05) is 24.4 Å². The first-order valence-corrected chi connectivity index (χ1v) is 8.28. The van der Waals surface area contributed by atoms with Gasteiger partial charge in [-0.05, 0) is 37.0 Å². The number of aromatic nitrogens is 1. The highest BCUT2D eigenvalue weighted by Gasteiger charge is 2.17. The maximum atomic E-state index is 9.43. The van der Waals surface area contributed by atoms with Crippen LogP contribution < -0.4 is 10.6 Å². The molecule has 1 aromatic heterocycles. The molecular formula is C18H17N5S. The van der Waals surface area contributed by atoms with Gasteiger partial charge in [0.1, 0.15) is 28.2 Å². The number of anilines is 2. The number of benzene rings is 1. The molecule has 1 aliphatic heterocycles. The van der Waals surface area contributed by atoms with Crippen LogP contribution in [-0.2, 0) is 0 Å². The summed E-state index contributed by atoms with van der Waals surface area (Å²) in [6.07, 6.45) is 3.71. The first-order chi connectivity index (χ1) is 11.7. The van der Waals surface area contributed by atoms with Crippen LogP contribution in [-0.4, -0.2) is 18.1 Å². The molecule has 0 amide bonds. The van der Waals surface area contributed by atoms with E-state index in [9.17, 15) is 10.5 Å². The Labute approximate surface area is 146 Å². The van der Waals surface area contributed by atoms with Crippen molar-refractivity contribution in [2.75, 3.05) is 23.7 Å². The summed E-state index contributed by atoms with van der Waals surface area (Å²) in [6, 6.07) is 12.1. The SMILES string of the molecule is N#Cc1c(N)[nH]c(=S)c(C#N)c1-c1ccc(N2CCCCC2)cc1. The summed E-state index contributed by atoms with van der Waals surface area (Å²) in [5, 5.41) is 18.9. The summed E-state index contributed by atoms with van der Waals surface area (Å²) in [7, 11) is 0. The van der Waals surface area contributed by atoms with E-state index in [-0.39, 0.29) is 21.6 Å². The Bertz CT molecular complexity index is 893. The predicted octanol–water partition coefficient (Wildman–Crippen LogP) is 3.73. The van der Waals surface area contributed by atoms with E-state index >= 15 is 0 Å². The third-order valence-corrected chi connectivity index (χ3v) is 4.65. The zero-order valence-corrected chi connectivity index (χ0v) is 14.0. The van der Waals surface area contributed by atoms with Crippen LogP contribution >= 0.6 is 12.2 Å². The number of hydrogen-bond acceptors (Lipinski definition) is 5. The minimum absolute atomic E-state index is 0.191. The molecule has 0 aliphatic carbocycles. The van der Waals surface area contributed by atoms with Crippen molar-refractivity contribution in [3.8, 4) is 23.3 Å². The van der Waals surface area contributed by atoms with E-state index in [1.54, 1.807) is 0 Å². The molecule has 0 atom stereocenters. The quantitative estimate of drug-likeness (QED) is 0.816. The number of nitrogens with two attached hydrogens (primary N) is 1. The van der Waals surface area contributed by atoms with E-state index in [4.69, 9.17) is 18.0 Å². The van der Waals surface area contributed by atoms with Crippen LogP contribution in [0.25, 0.3) is 11.1 Å². The molecule has 0 saturated carbocycles. The first-order valence-electron chi connectivity index (χ1n) is 7.87. The lowest BCUT2D eigenvalue weighted by atomic mass is 9.96. The molecule has 1 aromatic carbocycles. The third kappa shape index (κ3) is 2.84. The number of aromatic amines is 1. The molecular weight excluding hydrogens is 318 g/mol. The zero-order valence-electron chi connectivity index (χ0n) is 13.2. The van der Waals surface area contributed by atoms with E-state index in [0.29, 0.717) is 5.56 Å². The minimum Gasteiger partial charge on any atom is -0.384 e. The topological polar surface area (TPSA) is 92.6 Å². The van der Waals surface area contributed by atoms with Crippen LogP contribution in [0.3, 0.4) is 0 Å². The molecule has 1 saturated heterocycles. The van der Waals surface area contributed by atoms with E-state index in [0.717, 1.165) is 24.3 Å². The molecule has 120 valence electrons. The number of pyridine rings is 1. The lowest BCUT2D eigenvalue weighted by molar-refractivity contribution is 0.578. The molecule has 5 nitrogen and oxygen atoms in total. The summed E-state index contributed by atoms with van der Waals surface area (Å²) in [4.78, 5) is 5.08. The van der Waals surface area contributed by atoms with Crippen molar-refractivity contribution in [2.24, 2.45) is 0 Å². The molecule has 24 heavy (non-hydrogen) atoms. The Morgan fingerprint density at radius 1 is 1.00 bits per heavy atom. The van der Waals surface area contributed by atoms with E-state index in [1.807, 2.05) is 24.3 Å². The standard InChI is InChI=1S/C18H17N5S/c19-10-14-16(15(11-20)18(24)22-17(14)21)12-4-6-13(7-5-12)23-8-2-1-3-9-23/h4-7H,1-3,8-9H2,(H3,21,22,24). The highest BCUT2D eigenvalue weighted by Crippen LogP contribution is 2.32. The first kappa shape index (κ1) is 16.0. The van der Waals surface area contributed by atoms with Gasteiger partial charge in [-0.3, -0.25) is 0 Å². The van der Waals surface area contributed by atoms with Crippen LogP contribution in [0.4, 0.5) is 11.5 Å². The number of rotatable bonds is 2. The molecule has 1 fully saturated rings. The fourth-order valence-corrected chi connectivity index (χ4v) is 3.38. The second-order valence-electron chi connectivity index (χ2n) is 5.81. The normalized spacial score (nSPS) is 14.0. The molecule has 0 spiro atoms. The fraction of sp³-hybridized carbons (Fsp3) is 0.278. The van der Waals surface area contributed by atoms with Crippen molar-refractivity contribution in [3.05, 3.63) is 40.0 Å². The molecule has 2 heterocycles.